The Morgan fingerprint density at radius 1 is 1.33 bits per heavy atom. The second-order valence-electron chi connectivity index (χ2n) is 3.48. The van der Waals surface area contributed by atoms with Crippen molar-refractivity contribution in [2.45, 2.75) is 33.6 Å². The molecule has 0 aromatic heterocycles. The molecule has 74 valence electrons. The molecule has 1 atom stereocenters. The third kappa shape index (κ3) is 5.56. The summed E-state index contributed by atoms with van der Waals surface area (Å²) >= 11 is 0. The highest BCUT2D eigenvalue weighted by Gasteiger charge is 2.05. The van der Waals surface area contributed by atoms with Crippen LogP contribution in [0.2, 0.25) is 0 Å². The van der Waals surface area contributed by atoms with Gasteiger partial charge < -0.3 is 10.0 Å². The van der Waals surface area contributed by atoms with E-state index >= 15 is 0 Å². The summed E-state index contributed by atoms with van der Waals surface area (Å²) in [5.74, 6) is 0.781. The Hall–Kier alpha value is -0.0800. The molecule has 0 heterocycles. The SMILES string of the molecule is CCC(C)CN(CC)CCCO. The molecule has 1 N–H and O–H groups in total. The molecule has 0 aromatic rings. The van der Waals surface area contributed by atoms with E-state index in [-0.39, 0.29) is 0 Å². The summed E-state index contributed by atoms with van der Waals surface area (Å²) in [6.07, 6.45) is 2.15. The summed E-state index contributed by atoms with van der Waals surface area (Å²) in [5.41, 5.74) is 0. The van der Waals surface area contributed by atoms with E-state index in [1.54, 1.807) is 0 Å². The first-order valence-electron chi connectivity index (χ1n) is 5.07. The third-order valence-electron chi connectivity index (χ3n) is 2.35. The number of aliphatic hydroxyl groups is 1. The van der Waals surface area contributed by atoms with Gasteiger partial charge in [-0.3, -0.25) is 0 Å². The van der Waals surface area contributed by atoms with E-state index in [1.165, 1.54) is 13.0 Å². The van der Waals surface area contributed by atoms with Gasteiger partial charge in [0.05, 0.1) is 0 Å². The van der Waals surface area contributed by atoms with Crippen LogP contribution in [0.5, 0.6) is 0 Å². The third-order valence-corrected chi connectivity index (χ3v) is 2.35. The highest BCUT2D eigenvalue weighted by atomic mass is 16.3. The minimum absolute atomic E-state index is 0.316. The maximum absolute atomic E-state index is 8.68. The molecule has 1 unspecified atom stereocenters. The van der Waals surface area contributed by atoms with Gasteiger partial charge in [0.2, 0.25) is 0 Å². The lowest BCUT2D eigenvalue weighted by Gasteiger charge is -2.23. The van der Waals surface area contributed by atoms with Crippen LogP contribution < -0.4 is 0 Å². The summed E-state index contributed by atoms with van der Waals surface area (Å²) < 4.78 is 0. The summed E-state index contributed by atoms with van der Waals surface area (Å²) in [4.78, 5) is 2.41. The van der Waals surface area contributed by atoms with Crippen molar-refractivity contribution in [1.82, 2.24) is 4.90 Å². The van der Waals surface area contributed by atoms with E-state index in [0.29, 0.717) is 6.61 Å². The quantitative estimate of drug-likeness (QED) is 0.634. The lowest BCUT2D eigenvalue weighted by atomic mass is 10.1. The molecule has 2 heteroatoms. The van der Waals surface area contributed by atoms with Crippen LogP contribution in [0, 0.1) is 5.92 Å². The van der Waals surface area contributed by atoms with Crippen molar-refractivity contribution in [2.75, 3.05) is 26.2 Å². The van der Waals surface area contributed by atoms with Crippen molar-refractivity contribution < 1.29 is 5.11 Å². The molecule has 0 amide bonds. The van der Waals surface area contributed by atoms with Crippen LogP contribution >= 0.6 is 0 Å². The van der Waals surface area contributed by atoms with Crippen molar-refractivity contribution >= 4 is 0 Å². The van der Waals surface area contributed by atoms with Gasteiger partial charge in [-0.15, -0.1) is 0 Å². The van der Waals surface area contributed by atoms with Gasteiger partial charge in [0, 0.05) is 19.7 Å². The fourth-order valence-electron chi connectivity index (χ4n) is 1.24. The van der Waals surface area contributed by atoms with Gasteiger partial charge in [-0.2, -0.15) is 0 Å². The van der Waals surface area contributed by atoms with Crippen molar-refractivity contribution in [3.63, 3.8) is 0 Å². The fourth-order valence-corrected chi connectivity index (χ4v) is 1.24. The second-order valence-corrected chi connectivity index (χ2v) is 3.48. The summed E-state index contributed by atoms with van der Waals surface area (Å²) in [7, 11) is 0. The molecule has 0 saturated heterocycles. The molecule has 0 aliphatic rings. The number of aliphatic hydroxyl groups excluding tert-OH is 1. The van der Waals surface area contributed by atoms with E-state index in [4.69, 9.17) is 5.11 Å². The van der Waals surface area contributed by atoms with Crippen molar-refractivity contribution in [3.8, 4) is 0 Å². The van der Waals surface area contributed by atoms with Gasteiger partial charge in [-0.25, -0.2) is 0 Å². The van der Waals surface area contributed by atoms with E-state index in [2.05, 4.69) is 25.7 Å². The Morgan fingerprint density at radius 3 is 2.42 bits per heavy atom. The smallest absolute Gasteiger partial charge is 0.0443 e. The molecule has 0 spiro atoms. The van der Waals surface area contributed by atoms with Crippen LogP contribution in [0.25, 0.3) is 0 Å². The largest absolute Gasteiger partial charge is 0.396 e. The second kappa shape index (κ2) is 7.56. The van der Waals surface area contributed by atoms with Crippen LogP contribution in [-0.4, -0.2) is 36.2 Å². The molecule has 0 aromatic carbocycles. The maximum atomic E-state index is 8.68. The number of hydrogen-bond donors (Lipinski definition) is 1. The maximum Gasteiger partial charge on any atom is 0.0443 e. The van der Waals surface area contributed by atoms with E-state index in [1.807, 2.05) is 0 Å². The number of nitrogens with zero attached hydrogens (tertiary/aromatic N) is 1. The van der Waals surface area contributed by atoms with Crippen LogP contribution in [0.3, 0.4) is 0 Å². The molecule has 0 radical (unpaired) electrons. The molecule has 0 saturated carbocycles. The minimum Gasteiger partial charge on any atom is -0.396 e. The van der Waals surface area contributed by atoms with Crippen molar-refractivity contribution in [3.05, 3.63) is 0 Å². The van der Waals surface area contributed by atoms with Gasteiger partial charge in [0.25, 0.3) is 0 Å². The van der Waals surface area contributed by atoms with Crippen LogP contribution in [-0.2, 0) is 0 Å². The predicted octanol–water partition coefficient (Wildman–Crippen LogP) is 1.74. The summed E-state index contributed by atoms with van der Waals surface area (Å²) in [5, 5.41) is 8.68. The average Bonchev–Trinajstić information content (AvgIpc) is 2.11. The number of rotatable bonds is 7. The first kappa shape index (κ1) is 11.9. The molecule has 0 fully saturated rings. The van der Waals surface area contributed by atoms with E-state index in [9.17, 15) is 0 Å². The Balaban J connectivity index is 3.51. The Kier molecular flexibility index (Phi) is 7.51. The zero-order valence-corrected chi connectivity index (χ0v) is 8.71. The zero-order valence-electron chi connectivity index (χ0n) is 8.71. The van der Waals surface area contributed by atoms with Crippen LogP contribution in [0.15, 0.2) is 0 Å². The lowest BCUT2D eigenvalue weighted by Crippen LogP contribution is -2.29. The molecule has 0 rings (SSSR count). The lowest BCUT2D eigenvalue weighted by molar-refractivity contribution is 0.210. The molecular weight excluding hydrogens is 150 g/mol. The van der Waals surface area contributed by atoms with Crippen LogP contribution in [0.1, 0.15) is 33.6 Å². The standard InChI is InChI=1S/C10H23NO/c1-4-10(3)9-11(5-2)7-6-8-12/h10,12H,4-9H2,1-3H3. The molecule has 0 aliphatic carbocycles. The predicted molar refractivity (Wildman–Crippen MR) is 53.3 cm³/mol. The van der Waals surface area contributed by atoms with Crippen LogP contribution in [0.4, 0.5) is 0 Å². The Bertz CT molecular complexity index is 95.8. The highest BCUT2D eigenvalue weighted by Crippen LogP contribution is 2.04. The minimum atomic E-state index is 0.316. The summed E-state index contributed by atoms with van der Waals surface area (Å²) in [6.45, 7) is 10.3. The van der Waals surface area contributed by atoms with Gasteiger partial charge in [0.1, 0.15) is 0 Å². The average molecular weight is 173 g/mol. The molecule has 12 heavy (non-hydrogen) atoms. The summed E-state index contributed by atoms with van der Waals surface area (Å²) in [6, 6.07) is 0. The van der Waals surface area contributed by atoms with Gasteiger partial charge >= 0.3 is 0 Å². The molecule has 0 bridgehead atoms. The van der Waals surface area contributed by atoms with E-state index < -0.39 is 0 Å². The highest BCUT2D eigenvalue weighted by molar-refractivity contribution is 4.59. The van der Waals surface area contributed by atoms with Crippen molar-refractivity contribution in [2.24, 2.45) is 5.92 Å². The molecule has 0 aliphatic heterocycles. The Morgan fingerprint density at radius 2 is 2.00 bits per heavy atom. The molecular formula is C10H23NO. The fraction of sp³-hybridized carbons (Fsp3) is 1.00. The van der Waals surface area contributed by atoms with Gasteiger partial charge in [0.15, 0.2) is 0 Å². The van der Waals surface area contributed by atoms with Crippen molar-refractivity contribution in [1.29, 1.82) is 0 Å². The molecule has 2 nitrogen and oxygen atoms in total. The normalized spacial score (nSPS) is 13.8. The monoisotopic (exact) mass is 173 g/mol. The first-order chi connectivity index (χ1) is 5.74. The topological polar surface area (TPSA) is 23.5 Å². The van der Waals surface area contributed by atoms with Gasteiger partial charge in [-0.05, 0) is 18.9 Å². The first-order valence-corrected chi connectivity index (χ1v) is 5.07. The van der Waals surface area contributed by atoms with E-state index in [0.717, 1.165) is 25.4 Å². The zero-order chi connectivity index (χ0) is 9.40. The Labute approximate surface area is 76.6 Å². The number of hydrogen-bond acceptors (Lipinski definition) is 2. The van der Waals surface area contributed by atoms with Gasteiger partial charge in [-0.1, -0.05) is 27.2 Å².